The summed E-state index contributed by atoms with van der Waals surface area (Å²) < 4.78 is 10.5. The number of aromatic nitrogens is 6. The van der Waals surface area contributed by atoms with Crippen molar-refractivity contribution in [1.82, 2.24) is 24.9 Å². The average molecular weight is 1550 g/mol. The number of rotatable bonds is 7. The summed E-state index contributed by atoms with van der Waals surface area (Å²) >= 11 is 31.5. The molecule has 21 nitrogen and oxygen atoms in total. The zero-order valence-corrected chi connectivity index (χ0v) is 60.1. The normalized spacial score (nSPS) is 12.9. The Balaban J connectivity index is 0.000000186. The molecule has 2 atom stereocenters. The van der Waals surface area contributed by atoms with E-state index in [1.165, 1.54) is 61.8 Å². The lowest BCUT2D eigenvalue weighted by Crippen LogP contribution is -2.29. The molecule has 6 N–H and O–H groups in total. The van der Waals surface area contributed by atoms with Gasteiger partial charge in [-0.05, 0) is 206 Å². The van der Waals surface area contributed by atoms with E-state index in [0.29, 0.717) is 71.0 Å². The summed E-state index contributed by atoms with van der Waals surface area (Å²) in [5.41, 5.74) is 7.12. The Morgan fingerprint density at radius 2 is 0.971 bits per heavy atom. The predicted octanol–water partition coefficient (Wildman–Crippen LogP) is 18.1. The van der Waals surface area contributed by atoms with Gasteiger partial charge in [0.2, 0.25) is 6.20 Å². The third-order valence-electron chi connectivity index (χ3n) is 14.7. The van der Waals surface area contributed by atoms with Gasteiger partial charge in [0.05, 0.1) is 59.8 Å². The number of benzene rings is 6. The van der Waals surface area contributed by atoms with Gasteiger partial charge in [0.25, 0.3) is 5.52 Å². The maximum Gasteiger partial charge on any atom is 0.339 e. The number of carboxylic acid groups (broad SMARTS) is 4. The lowest BCUT2D eigenvalue weighted by molar-refractivity contribution is -0.884. The Morgan fingerprint density at radius 3 is 1.54 bits per heavy atom. The number of carbonyl (C=O) groups excluding carboxylic acids is 4. The van der Waals surface area contributed by atoms with E-state index in [-0.39, 0.29) is 69.5 Å². The largest absolute Gasteiger partial charge is 0.478 e. The maximum atomic E-state index is 11.3. The van der Waals surface area contributed by atoms with Crippen LogP contribution in [-0.4, -0.2) is 97.6 Å². The summed E-state index contributed by atoms with van der Waals surface area (Å²) in [5, 5.41) is 47.1. The third kappa shape index (κ3) is 24.3. The molecule has 29 heteroatoms. The molecular weight excluding hydrogens is 1490 g/mol. The van der Waals surface area contributed by atoms with Crippen LogP contribution < -0.4 is 10.2 Å². The van der Waals surface area contributed by atoms with Crippen molar-refractivity contribution in [3.8, 4) is 0 Å². The highest BCUT2D eigenvalue weighted by molar-refractivity contribution is 8.24. The second-order valence-electron chi connectivity index (χ2n) is 21.8. The smallest absolute Gasteiger partial charge is 0.339 e. The topological polar surface area (TPSA) is 343 Å². The quantitative estimate of drug-likeness (QED) is 0.0284. The molecule has 2 aliphatic rings. The maximum absolute atomic E-state index is 11.3. The first kappa shape index (κ1) is 81.4. The number of aromatic carboxylic acids is 4. The van der Waals surface area contributed by atoms with Gasteiger partial charge >= 0.3 is 29.1 Å². The van der Waals surface area contributed by atoms with Crippen LogP contribution in [0.15, 0.2) is 236 Å². The molecule has 12 aromatic rings. The van der Waals surface area contributed by atoms with Crippen LogP contribution in [-0.2, 0) is 14.2 Å². The number of carboxylic acids is 4. The molecule has 6 heterocycles. The number of allylic oxidation sites excluding steroid dienone is 6. The molecular formula is C74H57Cl7N6O15P+. The predicted molar refractivity (Wildman–Crippen MR) is 402 cm³/mol. The number of nitrogens with zero attached hydrogens (tertiary/aromatic N) is 5. The molecule has 0 saturated heterocycles. The monoisotopic (exact) mass is 1550 g/mol. The Kier molecular flexibility index (Phi) is 30.0. The van der Waals surface area contributed by atoms with Crippen molar-refractivity contribution in [2.75, 3.05) is 0 Å². The molecule has 14 rings (SSSR count). The van der Waals surface area contributed by atoms with Crippen molar-refractivity contribution in [3.05, 3.63) is 290 Å². The van der Waals surface area contributed by atoms with Crippen LogP contribution in [0, 0.1) is 11.8 Å². The van der Waals surface area contributed by atoms with Crippen molar-refractivity contribution in [3.63, 3.8) is 0 Å². The molecule has 0 radical (unpaired) electrons. The number of carbonyl (C=O) groups is 8. The van der Waals surface area contributed by atoms with E-state index < -0.39 is 29.1 Å². The van der Waals surface area contributed by atoms with Crippen molar-refractivity contribution >= 4 is 199 Å². The van der Waals surface area contributed by atoms with Crippen LogP contribution in [0.5, 0.6) is 0 Å². The molecule has 103 heavy (non-hydrogen) atoms. The van der Waals surface area contributed by atoms with Crippen molar-refractivity contribution < 1.29 is 73.3 Å². The summed E-state index contributed by atoms with van der Waals surface area (Å²) in [6, 6.07) is 44.5. The fraction of sp³-hybridized carbons (Fsp3) is 0.0811. The molecule has 0 amide bonds. The van der Waals surface area contributed by atoms with Gasteiger partial charge in [-0.2, -0.15) is 0 Å². The third-order valence-corrected chi connectivity index (χ3v) is 15.6. The van der Waals surface area contributed by atoms with Crippen LogP contribution in [0.3, 0.4) is 0 Å². The van der Waals surface area contributed by atoms with E-state index in [0.717, 1.165) is 43.0 Å². The summed E-state index contributed by atoms with van der Waals surface area (Å²) in [6.07, 6.45) is 17.8. The molecule has 0 bridgehead atoms. The number of H-pyrrole nitrogens is 1. The lowest BCUT2D eigenvalue weighted by atomic mass is 9.79. The SMILES string of the molecule is CC(=O)C1=CC2C=CC(=O)CC2C=C1.CC(=O)c1ccc2nc(Cl)ccc2c1.CC(=O)c1ccc2nccc(Cl)c2c1.Cl.O=C(O)c1ccc2[nH]ccc(=O)c2c1.O=C(O)c1ccc2c(ccc[n+]2O)c1.O=C(O)c1ccc2nccc(Cl)c2c1.O=C(O)c1ccc2ncccc2c1.O=P(Cl)(Cl)Cl. The molecule has 2 unspecified atom stereocenters. The van der Waals surface area contributed by atoms with Gasteiger partial charge in [-0.3, -0.25) is 48.7 Å². The van der Waals surface area contributed by atoms with E-state index in [2.05, 4.69) is 58.6 Å². The number of hydrogen-bond acceptors (Lipinski definition) is 15. The first-order chi connectivity index (χ1) is 48.3. The van der Waals surface area contributed by atoms with E-state index in [1.54, 1.807) is 142 Å². The number of Topliss-reactive ketones (excluding diaryl/α,β-unsaturated/α-hetero) is 3. The van der Waals surface area contributed by atoms with Crippen LogP contribution >= 0.6 is 86.1 Å². The molecule has 0 fully saturated rings. The van der Waals surface area contributed by atoms with Gasteiger partial charge in [-0.15, -0.1) is 12.4 Å². The second kappa shape index (κ2) is 37.9. The highest BCUT2D eigenvalue weighted by atomic mass is 36.0. The molecule has 6 aromatic carbocycles. The summed E-state index contributed by atoms with van der Waals surface area (Å²) in [6.45, 7) is 4.64. The number of ketones is 4. The van der Waals surface area contributed by atoms with E-state index >= 15 is 0 Å². The molecule has 526 valence electrons. The minimum atomic E-state index is -3.22. The van der Waals surface area contributed by atoms with Crippen LogP contribution in [0.4, 0.5) is 0 Å². The standard InChI is InChI=1S/C12H12O2.2C11H8ClNO.C10H6ClNO2.2C10H7NO3.C10H7NO2.Cl3OP.ClH/c1-8(13)9-2-3-11-7-12(14)5-4-10(11)6-9;1-7(14)8-2-4-10-9(6-8)3-5-11(12)13-10;1-7(14)8-2-3-11-9(6-8)10(12)4-5-13-11;11-8-3-4-12-9-2-1-6(10(13)14)5-7(8)9;12-9-3-4-11-8-2-1-6(10(13)14)5-7(8)9;12-10(13)8-3-4-9-7(6-8)2-1-5-11(9)14;12-10(13)8-3-4-9-7(6-8)2-1-5-11-9;1-5(2,3)4;/h2-6,10-11H,7H2,1H3;2*2-6H,1H3;1-5H,(H,13,14);1-5H,(H,11,12)(H,13,14);1-6H,(H-,12,13,14);1-6H,(H,12,13);;1H/p+1. The van der Waals surface area contributed by atoms with E-state index in [4.69, 9.17) is 55.2 Å². The minimum Gasteiger partial charge on any atom is -0.478 e. The van der Waals surface area contributed by atoms with Gasteiger partial charge in [-0.25, -0.2) is 24.2 Å². The fourth-order valence-electron chi connectivity index (χ4n) is 9.65. The zero-order chi connectivity index (χ0) is 74.5. The number of aromatic amines is 1. The summed E-state index contributed by atoms with van der Waals surface area (Å²) in [7, 11) is 0. The molecule has 2 aliphatic carbocycles. The van der Waals surface area contributed by atoms with E-state index in [9.17, 15) is 52.9 Å². The average Bonchev–Trinajstić information content (AvgIpc) is 0.856. The van der Waals surface area contributed by atoms with Gasteiger partial charge in [0.15, 0.2) is 28.6 Å². The number of pyridine rings is 6. The zero-order valence-electron chi connectivity index (χ0n) is 53.9. The Labute approximate surface area is 621 Å². The fourth-order valence-corrected chi connectivity index (χ4v) is 10.2. The van der Waals surface area contributed by atoms with Crippen LogP contribution in [0.2, 0.25) is 15.2 Å². The van der Waals surface area contributed by atoms with E-state index in [1.807, 2.05) is 42.5 Å². The molecule has 6 aromatic heterocycles. The van der Waals surface area contributed by atoms with Gasteiger partial charge < -0.3 is 25.4 Å². The highest BCUT2D eigenvalue weighted by Crippen LogP contribution is 2.61. The van der Waals surface area contributed by atoms with Crippen LogP contribution in [0.1, 0.15) is 89.3 Å². The molecule has 0 saturated carbocycles. The Bertz CT molecular complexity index is 5350. The second-order valence-corrected chi connectivity index (χ2v) is 29.6. The Hall–Kier alpha value is -10.6. The first-order valence-corrected chi connectivity index (χ1v) is 35.4. The number of nitrogens with one attached hydrogen (secondary N) is 1. The van der Waals surface area contributed by atoms with Gasteiger partial charge in [0.1, 0.15) is 5.15 Å². The lowest BCUT2D eigenvalue weighted by Gasteiger charge is -2.25. The number of halogens is 7. The summed E-state index contributed by atoms with van der Waals surface area (Å²) in [4.78, 5) is 118. The van der Waals surface area contributed by atoms with Crippen LogP contribution in [0.25, 0.3) is 65.4 Å². The summed E-state index contributed by atoms with van der Waals surface area (Å²) in [5.74, 6) is -3.03. The molecule has 0 aliphatic heterocycles. The van der Waals surface area contributed by atoms with Crippen molar-refractivity contribution in [2.45, 2.75) is 27.2 Å². The van der Waals surface area contributed by atoms with Crippen molar-refractivity contribution in [2.24, 2.45) is 11.8 Å². The number of hydrogen-bond donors (Lipinski definition) is 6. The Morgan fingerprint density at radius 1 is 0.505 bits per heavy atom. The van der Waals surface area contributed by atoms with Gasteiger partial charge in [-0.1, -0.05) is 65.2 Å². The number of fused-ring (bicyclic) bond motifs is 7. The van der Waals surface area contributed by atoms with Gasteiger partial charge in [0, 0.05) is 109 Å². The van der Waals surface area contributed by atoms with Crippen molar-refractivity contribution in [1.29, 1.82) is 0 Å². The highest BCUT2D eigenvalue weighted by Gasteiger charge is 2.25. The minimum absolute atomic E-state index is 0. The molecule has 0 spiro atoms. The first-order valence-electron chi connectivity index (χ1n) is 29.8.